The summed E-state index contributed by atoms with van der Waals surface area (Å²) in [4.78, 5) is 17.3. The minimum atomic E-state index is -3.21. The van der Waals surface area contributed by atoms with Crippen molar-refractivity contribution in [2.45, 2.75) is 30.2 Å². The van der Waals surface area contributed by atoms with Gasteiger partial charge in [-0.3, -0.25) is 9.69 Å². The van der Waals surface area contributed by atoms with Crippen LogP contribution in [0.1, 0.15) is 30.9 Å². The van der Waals surface area contributed by atoms with Crippen molar-refractivity contribution >= 4 is 15.7 Å². The van der Waals surface area contributed by atoms with Crippen LogP contribution < -0.4 is 10.1 Å². The molecule has 0 saturated carbocycles. The van der Waals surface area contributed by atoms with Gasteiger partial charge in [-0.05, 0) is 49.7 Å². The Morgan fingerprint density at radius 3 is 2.48 bits per heavy atom. The summed E-state index contributed by atoms with van der Waals surface area (Å²) >= 11 is 0. The fraction of sp³-hybridized carbons (Fsp3) is 0.480. The monoisotopic (exact) mass is 473 g/mol. The lowest BCUT2D eigenvalue weighted by Crippen LogP contribution is -2.47. The van der Waals surface area contributed by atoms with E-state index in [4.69, 9.17) is 4.74 Å². The molecule has 8 heteroatoms. The molecular formula is C25H35N3O4S. The second-order valence-electron chi connectivity index (χ2n) is 8.62. The minimum absolute atomic E-state index is 0.0315. The Morgan fingerprint density at radius 1 is 1.06 bits per heavy atom. The smallest absolute Gasteiger partial charge is 0.220 e. The first-order valence-corrected chi connectivity index (χ1v) is 13.4. The van der Waals surface area contributed by atoms with Crippen LogP contribution in [-0.4, -0.2) is 76.8 Å². The Morgan fingerprint density at radius 2 is 1.79 bits per heavy atom. The van der Waals surface area contributed by atoms with Crippen molar-refractivity contribution in [1.29, 1.82) is 0 Å². The predicted molar refractivity (Wildman–Crippen MR) is 130 cm³/mol. The normalized spacial score (nSPS) is 17.6. The standard InChI is InChI=1S/C25H35N3O4S/c1-27-17-18-28(24(20-27)21-8-4-3-5-9-21)16-7-15-26-25(29)10-6-19-32-22-11-13-23(14-12-22)33(2,30)31/h3-5,8-9,11-14,24H,6-7,10,15-20H2,1-2H3,(H,26,29). The maximum absolute atomic E-state index is 12.1. The molecular weight excluding hydrogens is 438 g/mol. The van der Waals surface area contributed by atoms with Crippen molar-refractivity contribution in [3.8, 4) is 5.75 Å². The van der Waals surface area contributed by atoms with Gasteiger partial charge in [-0.2, -0.15) is 0 Å². The second kappa shape index (κ2) is 12.2. The Balaban J connectivity index is 1.32. The maximum Gasteiger partial charge on any atom is 0.220 e. The Labute approximate surface area is 197 Å². The molecule has 1 aliphatic heterocycles. The van der Waals surface area contributed by atoms with Crippen LogP contribution in [-0.2, 0) is 14.6 Å². The van der Waals surface area contributed by atoms with E-state index in [9.17, 15) is 13.2 Å². The largest absolute Gasteiger partial charge is 0.494 e. The first-order chi connectivity index (χ1) is 15.8. The summed E-state index contributed by atoms with van der Waals surface area (Å²) in [6.07, 6.45) is 3.10. The van der Waals surface area contributed by atoms with Crippen LogP contribution in [0.15, 0.2) is 59.5 Å². The molecule has 1 unspecified atom stereocenters. The number of ether oxygens (including phenoxy) is 1. The van der Waals surface area contributed by atoms with Gasteiger partial charge in [0.1, 0.15) is 5.75 Å². The lowest BCUT2D eigenvalue weighted by Gasteiger charge is -2.40. The van der Waals surface area contributed by atoms with Gasteiger partial charge in [0.05, 0.1) is 11.5 Å². The molecule has 3 rings (SSSR count). The highest BCUT2D eigenvalue weighted by molar-refractivity contribution is 7.90. The van der Waals surface area contributed by atoms with Gasteiger partial charge >= 0.3 is 0 Å². The minimum Gasteiger partial charge on any atom is -0.494 e. The zero-order valence-electron chi connectivity index (χ0n) is 19.6. The quantitative estimate of drug-likeness (QED) is 0.506. The van der Waals surface area contributed by atoms with Crippen LogP contribution in [0.5, 0.6) is 5.75 Å². The summed E-state index contributed by atoms with van der Waals surface area (Å²) in [5.41, 5.74) is 1.35. The Hall–Kier alpha value is -2.42. The van der Waals surface area contributed by atoms with E-state index in [0.717, 1.165) is 32.6 Å². The zero-order chi connectivity index (χ0) is 23.7. The van der Waals surface area contributed by atoms with E-state index in [1.165, 1.54) is 24.0 Å². The second-order valence-corrected chi connectivity index (χ2v) is 10.6. The van der Waals surface area contributed by atoms with E-state index in [1.807, 2.05) is 0 Å². The van der Waals surface area contributed by atoms with Crippen LogP contribution in [0, 0.1) is 0 Å². The third kappa shape index (κ3) is 8.14. The number of sulfone groups is 1. The van der Waals surface area contributed by atoms with Crippen LogP contribution in [0.3, 0.4) is 0 Å². The number of nitrogens with one attached hydrogen (secondary N) is 1. The Bertz CT molecular complexity index is 980. The van der Waals surface area contributed by atoms with Crippen molar-refractivity contribution in [2.24, 2.45) is 0 Å². The average molecular weight is 474 g/mol. The summed E-state index contributed by atoms with van der Waals surface area (Å²) in [6.45, 7) is 5.15. The molecule has 0 spiro atoms. The van der Waals surface area contributed by atoms with Crippen LogP contribution in [0.2, 0.25) is 0 Å². The van der Waals surface area contributed by atoms with E-state index < -0.39 is 9.84 Å². The maximum atomic E-state index is 12.1. The van der Waals surface area contributed by atoms with Gasteiger partial charge in [0.15, 0.2) is 9.84 Å². The molecule has 1 N–H and O–H groups in total. The molecule has 1 aliphatic rings. The highest BCUT2D eigenvalue weighted by Gasteiger charge is 2.25. The van der Waals surface area contributed by atoms with Crippen LogP contribution in [0.4, 0.5) is 0 Å². The number of nitrogens with zero attached hydrogens (tertiary/aromatic N) is 2. The molecule has 1 atom stereocenters. The zero-order valence-corrected chi connectivity index (χ0v) is 20.4. The van der Waals surface area contributed by atoms with E-state index in [1.54, 1.807) is 12.1 Å². The highest BCUT2D eigenvalue weighted by Crippen LogP contribution is 2.24. The fourth-order valence-corrected chi connectivity index (χ4v) is 4.65. The fourth-order valence-electron chi connectivity index (χ4n) is 4.02. The van der Waals surface area contributed by atoms with Gasteiger partial charge < -0.3 is 15.0 Å². The number of carbonyl (C=O) groups excluding carboxylic acids is 1. The third-order valence-corrected chi connectivity index (χ3v) is 7.02. The molecule has 0 aromatic heterocycles. The molecule has 1 heterocycles. The number of hydrogen-bond donors (Lipinski definition) is 1. The molecule has 33 heavy (non-hydrogen) atoms. The van der Waals surface area contributed by atoms with Crippen LogP contribution >= 0.6 is 0 Å². The molecule has 1 saturated heterocycles. The molecule has 0 aliphatic carbocycles. The summed E-state index contributed by atoms with van der Waals surface area (Å²) < 4.78 is 28.6. The van der Waals surface area contributed by atoms with Crippen molar-refractivity contribution in [2.75, 3.05) is 52.6 Å². The van der Waals surface area contributed by atoms with Gasteiger partial charge in [-0.15, -0.1) is 0 Å². The number of rotatable bonds is 11. The molecule has 1 amide bonds. The van der Waals surface area contributed by atoms with E-state index in [-0.39, 0.29) is 10.8 Å². The van der Waals surface area contributed by atoms with Gasteiger partial charge in [0.2, 0.25) is 5.91 Å². The summed E-state index contributed by atoms with van der Waals surface area (Å²) in [6, 6.07) is 17.4. The van der Waals surface area contributed by atoms with E-state index in [0.29, 0.717) is 37.8 Å². The highest BCUT2D eigenvalue weighted by atomic mass is 32.2. The third-order valence-electron chi connectivity index (χ3n) is 5.89. The number of carbonyl (C=O) groups is 1. The van der Waals surface area contributed by atoms with Crippen molar-refractivity contribution in [3.63, 3.8) is 0 Å². The molecule has 2 aromatic carbocycles. The average Bonchev–Trinajstić information content (AvgIpc) is 2.80. The number of amides is 1. The van der Waals surface area contributed by atoms with Gasteiger partial charge in [0, 0.05) is 51.4 Å². The van der Waals surface area contributed by atoms with Gasteiger partial charge in [-0.1, -0.05) is 30.3 Å². The lowest BCUT2D eigenvalue weighted by atomic mass is 10.0. The molecule has 0 bridgehead atoms. The molecule has 180 valence electrons. The van der Waals surface area contributed by atoms with E-state index in [2.05, 4.69) is 52.5 Å². The lowest BCUT2D eigenvalue weighted by molar-refractivity contribution is -0.121. The Kier molecular flexibility index (Phi) is 9.29. The summed E-state index contributed by atoms with van der Waals surface area (Å²) in [5, 5.41) is 3.01. The van der Waals surface area contributed by atoms with E-state index >= 15 is 0 Å². The molecule has 1 fully saturated rings. The van der Waals surface area contributed by atoms with Crippen LogP contribution in [0.25, 0.3) is 0 Å². The van der Waals surface area contributed by atoms with Crippen molar-refractivity contribution in [1.82, 2.24) is 15.1 Å². The predicted octanol–water partition coefficient (Wildman–Crippen LogP) is 2.74. The number of likely N-dealkylation sites (N-methyl/N-ethyl adjacent to an activating group) is 1. The molecule has 7 nitrogen and oxygen atoms in total. The van der Waals surface area contributed by atoms with Crippen molar-refractivity contribution < 1.29 is 17.9 Å². The SMILES string of the molecule is CN1CCN(CCCNC(=O)CCCOc2ccc(S(C)(=O)=O)cc2)C(c2ccccc2)C1. The summed E-state index contributed by atoms with van der Waals surface area (Å²) in [7, 11) is -1.04. The van der Waals surface area contributed by atoms with Gasteiger partial charge in [0.25, 0.3) is 0 Å². The first-order valence-electron chi connectivity index (χ1n) is 11.5. The number of benzene rings is 2. The topological polar surface area (TPSA) is 79.0 Å². The summed E-state index contributed by atoms with van der Waals surface area (Å²) in [5.74, 6) is 0.631. The first kappa shape index (κ1) is 25.2. The number of hydrogen-bond acceptors (Lipinski definition) is 6. The van der Waals surface area contributed by atoms with Crippen molar-refractivity contribution in [3.05, 3.63) is 60.2 Å². The number of piperazine rings is 1. The van der Waals surface area contributed by atoms with Gasteiger partial charge in [-0.25, -0.2) is 8.42 Å². The molecule has 0 radical (unpaired) electrons. The molecule has 2 aromatic rings.